The lowest BCUT2D eigenvalue weighted by Crippen LogP contribution is -2.49. The summed E-state index contributed by atoms with van der Waals surface area (Å²) in [5.74, 6) is 0.0436. The lowest BCUT2D eigenvalue weighted by atomic mass is 9.79. The van der Waals surface area contributed by atoms with Crippen LogP contribution >= 0.6 is 11.6 Å². The number of hydrogen-bond acceptors (Lipinski definition) is 2. The Morgan fingerprint density at radius 2 is 1.75 bits per heavy atom. The molecule has 2 N–H and O–H groups in total. The van der Waals surface area contributed by atoms with Crippen molar-refractivity contribution in [2.75, 3.05) is 18.4 Å². The first-order chi connectivity index (χ1) is 13.4. The van der Waals surface area contributed by atoms with Crippen molar-refractivity contribution in [1.29, 1.82) is 0 Å². The molecule has 0 saturated carbocycles. The van der Waals surface area contributed by atoms with Gasteiger partial charge in [-0.1, -0.05) is 54.9 Å². The van der Waals surface area contributed by atoms with E-state index in [4.69, 9.17) is 11.6 Å². The molecule has 0 radical (unpaired) electrons. The van der Waals surface area contributed by atoms with Gasteiger partial charge in [-0.05, 0) is 43.0 Å². The number of carbonyl (C=O) groups excluding carboxylic acids is 2. The summed E-state index contributed by atoms with van der Waals surface area (Å²) in [6.45, 7) is 5.46. The second kappa shape index (κ2) is 8.65. The zero-order chi connectivity index (χ0) is 20.1. The molecule has 3 rings (SSSR count). The molecule has 1 saturated heterocycles. The molecule has 28 heavy (non-hydrogen) atoms. The molecule has 1 heterocycles. The average molecular weight is 400 g/mol. The number of hydrogen-bond donors (Lipinski definition) is 2. The van der Waals surface area contributed by atoms with Crippen LogP contribution in [0.3, 0.4) is 0 Å². The fraction of sp³-hybridized carbons (Fsp3) is 0.364. The summed E-state index contributed by atoms with van der Waals surface area (Å²) in [6.07, 6.45) is 1.27. The van der Waals surface area contributed by atoms with Gasteiger partial charge in [0.1, 0.15) is 0 Å². The Hall–Kier alpha value is -2.53. The minimum absolute atomic E-state index is 0.0436. The summed E-state index contributed by atoms with van der Waals surface area (Å²) in [7, 11) is 0. The predicted octanol–water partition coefficient (Wildman–Crippen LogP) is 4.60. The maximum atomic E-state index is 12.7. The van der Waals surface area contributed by atoms with E-state index < -0.39 is 5.41 Å². The molecule has 1 fully saturated rings. The van der Waals surface area contributed by atoms with Crippen molar-refractivity contribution in [3.63, 3.8) is 0 Å². The van der Waals surface area contributed by atoms with E-state index in [1.807, 2.05) is 56.3 Å². The normalized spacial score (nSPS) is 15.8. The number of amides is 3. The monoisotopic (exact) mass is 399 g/mol. The maximum Gasteiger partial charge on any atom is 0.321 e. The molecule has 6 heteroatoms. The summed E-state index contributed by atoms with van der Waals surface area (Å²) in [5.41, 5.74) is 2.18. The number of halogens is 1. The van der Waals surface area contributed by atoms with E-state index >= 15 is 0 Å². The van der Waals surface area contributed by atoms with Gasteiger partial charge in [-0.25, -0.2) is 4.79 Å². The summed E-state index contributed by atoms with van der Waals surface area (Å²) < 4.78 is 0. The molecule has 0 spiro atoms. The van der Waals surface area contributed by atoms with Gasteiger partial charge in [0.25, 0.3) is 0 Å². The highest BCUT2D eigenvalue weighted by Crippen LogP contribution is 2.32. The van der Waals surface area contributed by atoms with Gasteiger partial charge in [0.05, 0.1) is 0 Å². The van der Waals surface area contributed by atoms with Crippen LogP contribution in [0.5, 0.6) is 0 Å². The largest absolute Gasteiger partial charge is 0.352 e. The van der Waals surface area contributed by atoms with Crippen molar-refractivity contribution >= 4 is 29.2 Å². The van der Waals surface area contributed by atoms with Crippen LogP contribution in [0.1, 0.15) is 30.9 Å². The first-order valence-electron chi connectivity index (χ1n) is 9.52. The minimum atomic E-state index is -0.461. The van der Waals surface area contributed by atoms with E-state index in [2.05, 4.69) is 10.6 Å². The predicted molar refractivity (Wildman–Crippen MR) is 112 cm³/mol. The first-order valence-corrected chi connectivity index (χ1v) is 9.90. The van der Waals surface area contributed by atoms with Gasteiger partial charge in [0.15, 0.2) is 0 Å². The number of piperidine rings is 1. The van der Waals surface area contributed by atoms with Crippen LogP contribution in [0.15, 0.2) is 48.5 Å². The van der Waals surface area contributed by atoms with Crippen molar-refractivity contribution in [2.45, 2.75) is 33.2 Å². The molecule has 0 atom stereocenters. The lowest BCUT2D eigenvalue weighted by molar-refractivity contribution is -0.132. The highest BCUT2D eigenvalue weighted by atomic mass is 35.5. The van der Waals surface area contributed by atoms with Crippen LogP contribution < -0.4 is 10.6 Å². The molecule has 1 aliphatic rings. The van der Waals surface area contributed by atoms with Crippen molar-refractivity contribution < 1.29 is 9.59 Å². The van der Waals surface area contributed by atoms with Crippen molar-refractivity contribution in [2.24, 2.45) is 5.41 Å². The summed E-state index contributed by atoms with van der Waals surface area (Å²) in [5, 5.41) is 6.58. The third-order valence-corrected chi connectivity index (χ3v) is 5.92. The summed E-state index contributed by atoms with van der Waals surface area (Å²) in [4.78, 5) is 27.0. The van der Waals surface area contributed by atoms with Gasteiger partial charge >= 0.3 is 6.03 Å². The molecule has 0 bridgehead atoms. The number of rotatable bonds is 4. The van der Waals surface area contributed by atoms with Crippen molar-refractivity contribution in [1.82, 2.24) is 10.2 Å². The number of nitrogens with zero attached hydrogens (tertiary/aromatic N) is 1. The van der Waals surface area contributed by atoms with E-state index in [1.165, 1.54) is 0 Å². The Morgan fingerprint density at radius 1 is 1.07 bits per heavy atom. The third kappa shape index (κ3) is 4.65. The van der Waals surface area contributed by atoms with Crippen molar-refractivity contribution in [3.05, 3.63) is 64.7 Å². The number of benzene rings is 2. The molecule has 5 nitrogen and oxygen atoms in total. The second-order valence-electron chi connectivity index (χ2n) is 7.56. The molecule has 1 aliphatic heterocycles. The zero-order valence-electron chi connectivity index (χ0n) is 16.3. The molecular weight excluding hydrogens is 374 g/mol. The Labute approximate surface area is 171 Å². The standard InChI is InChI=1S/C22H26ClN3O2/c1-16-18(23)9-6-10-19(16)25-21(28)26-13-11-22(2,12-14-26)20(27)24-15-17-7-4-3-5-8-17/h3-10H,11-15H2,1-2H3,(H,24,27)(H,25,28). The molecule has 0 aliphatic carbocycles. The van der Waals surface area contributed by atoms with Crippen LogP contribution in [0.4, 0.5) is 10.5 Å². The van der Waals surface area contributed by atoms with Gasteiger partial charge in [0, 0.05) is 35.8 Å². The summed E-state index contributed by atoms with van der Waals surface area (Å²) in [6, 6.07) is 15.2. The van der Waals surface area contributed by atoms with E-state index in [1.54, 1.807) is 11.0 Å². The Kier molecular flexibility index (Phi) is 6.25. The van der Waals surface area contributed by atoms with Crippen LogP contribution in [0.2, 0.25) is 5.02 Å². The van der Waals surface area contributed by atoms with Gasteiger partial charge in [-0.2, -0.15) is 0 Å². The van der Waals surface area contributed by atoms with Crippen LogP contribution in [-0.4, -0.2) is 29.9 Å². The quantitative estimate of drug-likeness (QED) is 0.789. The molecular formula is C22H26ClN3O2. The Bertz CT molecular complexity index is 846. The van der Waals surface area contributed by atoms with E-state index in [0.29, 0.717) is 43.2 Å². The third-order valence-electron chi connectivity index (χ3n) is 5.51. The maximum absolute atomic E-state index is 12.7. The summed E-state index contributed by atoms with van der Waals surface area (Å²) >= 11 is 6.12. The molecule has 2 aromatic carbocycles. The highest BCUT2D eigenvalue weighted by molar-refractivity contribution is 6.31. The first kappa shape index (κ1) is 20.2. The van der Waals surface area contributed by atoms with E-state index in [9.17, 15) is 9.59 Å². The van der Waals surface area contributed by atoms with E-state index in [0.717, 1.165) is 11.1 Å². The smallest absolute Gasteiger partial charge is 0.321 e. The van der Waals surface area contributed by atoms with Gasteiger partial charge in [-0.3, -0.25) is 4.79 Å². The van der Waals surface area contributed by atoms with Crippen LogP contribution in [0.25, 0.3) is 0 Å². The number of nitrogens with one attached hydrogen (secondary N) is 2. The number of carbonyl (C=O) groups is 2. The lowest BCUT2D eigenvalue weighted by Gasteiger charge is -2.38. The molecule has 0 aromatic heterocycles. The molecule has 148 valence electrons. The average Bonchev–Trinajstić information content (AvgIpc) is 2.71. The SMILES string of the molecule is Cc1c(Cl)cccc1NC(=O)N1CCC(C)(C(=O)NCc2ccccc2)CC1. The fourth-order valence-corrected chi connectivity index (χ4v) is 3.53. The zero-order valence-corrected chi connectivity index (χ0v) is 17.1. The van der Waals surface area contributed by atoms with E-state index in [-0.39, 0.29) is 11.9 Å². The number of urea groups is 1. The number of anilines is 1. The molecule has 0 unspecified atom stereocenters. The Morgan fingerprint density at radius 3 is 2.43 bits per heavy atom. The van der Waals surface area contributed by atoms with Gasteiger partial charge in [0.2, 0.25) is 5.91 Å². The van der Waals surface area contributed by atoms with Crippen LogP contribution in [-0.2, 0) is 11.3 Å². The van der Waals surface area contributed by atoms with Crippen molar-refractivity contribution in [3.8, 4) is 0 Å². The molecule has 2 aromatic rings. The topological polar surface area (TPSA) is 61.4 Å². The number of likely N-dealkylation sites (tertiary alicyclic amines) is 1. The highest BCUT2D eigenvalue weighted by Gasteiger charge is 2.38. The molecule has 3 amide bonds. The van der Waals surface area contributed by atoms with Gasteiger partial charge < -0.3 is 15.5 Å². The van der Waals surface area contributed by atoms with Gasteiger partial charge in [-0.15, -0.1) is 0 Å². The van der Waals surface area contributed by atoms with Crippen LogP contribution in [0, 0.1) is 12.3 Å². The minimum Gasteiger partial charge on any atom is -0.352 e. The Balaban J connectivity index is 1.53. The fourth-order valence-electron chi connectivity index (χ4n) is 3.36. The second-order valence-corrected chi connectivity index (χ2v) is 7.97.